The van der Waals surface area contributed by atoms with Crippen LogP contribution in [0.2, 0.25) is 5.02 Å². The smallest absolute Gasteiger partial charge is 0.0635 e. The summed E-state index contributed by atoms with van der Waals surface area (Å²) >= 11 is 6.03. The zero-order valence-electron chi connectivity index (χ0n) is 8.13. The Morgan fingerprint density at radius 3 is 2.86 bits per heavy atom. The van der Waals surface area contributed by atoms with Crippen LogP contribution < -0.4 is 5.32 Å². The number of rotatable bonds is 4. The van der Waals surface area contributed by atoms with Gasteiger partial charge in [0.1, 0.15) is 0 Å². The maximum absolute atomic E-state index is 8.39. The van der Waals surface area contributed by atoms with Crippen LogP contribution in [0.25, 0.3) is 0 Å². The van der Waals surface area contributed by atoms with Crippen LogP contribution in [0.1, 0.15) is 24.9 Å². The lowest BCUT2D eigenvalue weighted by Crippen LogP contribution is -2.19. The Labute approximate surface area is 89.5 Å². The van der Waals surface area contributed by atoms with Crippen molar-refractivity contribution in [2.24, 2.45) is 0 Å². The molecule has 3 heteroatoms. The van der Waals surface area contributed by atoms with Crippen LogP contribution in [0.4, 0.5) is 0 Å². The van der Waals surface area contributed by atoms with E-state index in [9.17, 15) is 0 Å². The molecule has 0 radical (unpaired) electrons. The van der Waals surface area contributed by atoms with Gasteiger partial charge in [-0.05, 0) is 18.6 Å². The summed E-state index contributed by atoms with van der Waals surface area (Å²) in [5.74, 6) is 0. The highest BCUT2D eigenvalue weighted by Gasteiger charge is 2.06. The van der Waals surface area contributed by atoms with Crippen LogP contribution in [0.3, 0.4) is 0 Å². The summed E-state index contributed by atoms with van der Waals surface area (Å²) in [5.41, 5.74) is 1.08. The van der Waals surface area contributed by atoms with Gasteiger partial charge in [0.2, 0.25) is 0 Å². The maximum atomic E-state index is 8.39. The van der Waals surface area contributed by atoms with E-state index in [0.29, 0.717) is 13.0 Å². The Balaban J connectivity index is 2.57. The molecule has 1 aromatic rings. The average molecular weight is 209 g/mol. The van der Waals surface area contributed by atoms with Crippen LogP contribution >= 0.6 is 11.6 Å². The van der Waals surface area contributed by atoms with E-state index in [-0.39, 0.29) is 6.04 Å². The Morgan fingerprint density at radius 1 is 1.50 bits per heavy atom. The van der Waals surface area contributed by atoms with E-state index in [2.05, 4.69) is 11.4 Å². The molecule has 2 nitrogen and oxygen atoms in total. The average Bonchev–Trinajstić information content (AvgIpc) is 2.18. The minimum atomic E-state index is 0.192. The summed E-state index contributed by atoms with van der Waals surface area (Å²) in [6.45, 7) is 2.74. The summed E-state index contributed by atoms with van der Waals surface area (Å²) in [6.07, 6.45) is 0.523. The minimum Gasteiger partial charge on any atom is -0.309 e. The lowest BCUT2D eigenvalue weighted by atomic mass is 10.1. The first kappa shape index (κ1) is 11.0. The van der Waals surface area contributed by atoms with Crippen LogP contribution in [-0.4, -0.2) is 6.54 Å². The molecule has 0 saturated heterocycles. The molecular formula is C11H13ClN2. The molecule has 0 unspecified atom stereocenters. The van der Waals surface area contributed by atoms with E-state index >= 15 is 0 Å². The molecule has 0 heterocycles. The van der Waals surface area contributed by atoms with Crippen molar-refractivity contribution in [2.45, 2.75) is 19.4 Å². The van der Waals surface area contributed by atoms with Gasteiger partial charge in [0, 0.05) is 24.0 Å². The zero-order valence-corrected chi connectivity index (χ0v) is 8.88. The highest BCUT2D eigenvalue weighted by atomic mass is 35.5. The molecule has 0 aliphatic heterocycles. The molecule has 1 atom stereocenters. The summed E-state index contributed by atoms with van der Waals surface area (Å²) in [4.78, 5) is 0. The molecule has 1 rings (SSSR count). The van der Waals surface area contributed by atoms with Crippen molar-refractivity contribution < 1.29 is 0 Å². The number of nitrogens with one attached hydrogen (secondary N) is 1. The van der Waals surface area contributed by atoms with Crippen LogP contribution in [-0.2, 0) is 0 Å². The standard InChI is InChI=1S/C11H13ClN2/c1-9(14-8-4-7-13)10-5-2-3-6-11(10)12/h2-3,5-6,9,14H,4,8H2,1H3/t9-/m0/s1. The molecule has 74 valence electrons. The van der Waals surface area contributed by atoms with Crippen molar-refractivity contribution in [2.75, 3.05) is 6.54 Å². The Bertz CT molecular complexity index is 330. The van der Waals surface area contributed by atoms with Gasteiger partial charge < -0.3 is 5.32 Å². The minimum absolute atomic E-state index is 0.192. The topological polar surface area (TPSA) is 35.8 Å². The summed E-state index contributed by atoms with van der Waals surface area (Å²) in [7, 11) is 0. The Kier molecular flexibility index (Phi) is 4.45. The van der Waals surface area contributed by atoms with E-state index in [1.165, 1.54) is 0 Å². The molecular weight excluding hydrogens is 196 g/mol. The molecule has 0 saturated carbocycles. The first-order chi connectivity index (χ1) is 6.75. The van der Waals surface area contributed by atoms with Gasteiger partial charge in [-0.2, -0.15) is 5.26 Å². The number of halogens is 1. The van der Waals surface area contributed by atoms with Crippen molar-refractivity contribution in [3.8, 4) is 6.07 Å². The summed E-state index contributed by atoms with van der Waals surface area (Å²) < 4.78 is 0. The van der Waals surface area contributed by atoms with E-state index in [4.69, 9.17) is 16.9 Å². The second-order valence-corrected chi connectivity index (χ2v) is 3.51. The third kappa shape index (κ3) is 3.02. The third-order valence-corrected chi connectivity index (χ3v) is 2.40. The molecule has 0 bridgehead atoms. The van der Waals surface area contributed by atoms with E-state index < -0.39 is 0 Å². The fourth-order valence-electron chi connectivity index (χ4n) is 1.28. The maximum Gasteiger partial charge on any atom is 0.0635 e. The van der Waals surface area contributed by atoms with Gasteiger partial charge in [-0.3, -0.25) is 0 Å². The molecule has 0 spiro atoms. The van der Waals surface area contributed by atoms with Crippen molar-refractivity contribution >= 4 is 11.6 Å². The van der Waals surface area contributed by atoms with Gasteiger partial charge in [0.15, 0.2) is 0 Å². The molecule has 0 aliphatic rings. The van der Waals surface area contributed by atoms with Gasteiger partial charge >= 0.3 is 0 Å². The lowest BCUT2D eigenvalue weighted by Gasteiger charge is -2.14. The first-order valence-corrected chi connectivity index (χ1v) is 4.98. The Hall–Kier alpha value is -1.04. The molecule has 0 aromatic heterocycles. The SMILES string of the molecule is C[C@H](NCCC#N)c1ccccc1Cl. The zero-order chi connectivity index (χ0) is 10.4. The van der Waals surface area contributed by atoms with Crippen molar-refractivity contribution in [3.63, 3.8) is 0 Å². The molecule has 1 aromatic carbocycles. The Morgan fingerprint density at radius 2 is 2.21 bits per heavy atom. The number of nitrogens with zero attached hydrogens (tertiary/aromatic N) is 1. The van der Waals surface area contributed by atoms with Gasteiger partial charge in [-0.15, -0.1) is 0 Å². The number of hydrogen-bond donors (Lipinski definition) is 1. The number of hydrogen-bond acceptors (Lipinski definition) is 2. The second-order valence-electron chi connectivity index (χ2n) is 3.11. The predicted octanol–water partition coefficient (Wildman–Crippen LogP) is 2.90. The number of nitriles is 1. The number of benzene rings is 1. The monoisotopic (exact) mass is 208 g/mol. The van der Waals surface area contributed by atoms with Gasteiger partial charge in [-0.25, -0.2) is 0 Å². The van der Waals surface area contributed by atoms with Gasteiger partial charge in [0.25, 0.3) is 0 Å². The molecule has 14 heavy (non-hydrogen) atoms. The van der Waals surface area contributed by atoms with Crippen molar-refractivity contribution in [3.05, 3.63) is 34.9 Å². The van der Waals surface area contributed by atoms with E-state index in [0.717, 1.165) is 10.6 Å². The fraction of sp³-hybridized carbons (Fsp3) is 0.364. The van der Waals surface area contributed by atoms with E-state index in [1.807, 2.05) is 31.2 Å². The fourth-order valence-corrected chi connectivity index (χ4v) is 1.58. The normalized spacial score (nSPS) is 12.1. The van der Waals surface area contributed by atoms with Crippen molar-refractivity contribution in [1.82, 2.24) is 5.32 Å². The molecule has 0 fully saturated rings. The van der Waals surface area contributed by atoms with Crippen LogP contribution in [0.5, 0.6) is 0 Å². The molecule has 0 aliphatic carbocycles. The molecule has 1 N–H and O–H groups in total. The highest BCUT2D eigenvalue weighted by molar-refractivity contribution is 6.31. The highest BCUT2D eigenvalue weighted by Crippen LogP contribution is 2.21. The van der Waals surface area contributed by atoms with Crippen LogP contribution in [0, 0.1) is 11.3 Å². The third-order valence-electron chi connectivity index (χ3n) is 2.06. The molecule has 0 amide bonds. The van der Waals surface area contributed by atoms with Crippen LogP contribution in [0.15, 0.2) is 24.3 Å². The largest absolute Gasteiger partial charge is 0.309 e. The van der Waals surface area contributed by atoms with Gasteiger partial charge in [-0.1, -0.05) is 29.8 Å². The summed E-state index contributed by atoms with van der Waals surface area (Å²) in [5, 5.41) is 12.4. The van der Waals surface area contributed by atoms with E-state index in [1.54, 1.807) is 0 Å². The second kappa shape index (κ2) is 5.64. The quantitative estimate of drug-likeness (QED) is 0.773. The van der Waals surface area contributed by atoms with Crippen molar-refractivity contribution in [1.29, 1.82) is 5.26 Å². The van der Waals surface area contributed by atoms with Gasteiger partial charge in [0.05, 0.1) is 6.07 Å². The first-order valence-electron chi connectivity index (χ1n) is 4.60. The lowest BCUT2D eigenvalue weighted by molar-refractivity contribution is 0.583. The predicted molar refractivity (Wildman–Crippen MR) is 58.1 cm³/mol. The summed E-state index contributed by atoms with van der Waals surface area (Å²) in [6, 6.07) is 10.0.